The second-order valence-electron chi connectivity index (χ2n) is 7.06. The van der Waals surface area contributed by atoms with Gasteiger partial charge in [-0.2, -0.15) is 0 Å². The Balaban J connectivity index is 1.86. The molecule has 7 nitrogen and oxygen atoms in total. The molecule has 2 aromatic carbocycles. The van der Waals surface area contributed by atoms with Crippen molar-refractivity contribution in [1.82, 2.24) is 4.57 Å². The number of aromatic nitrogens is 1. The van der Waals surface area contributed by atoms with Crippen molar-refractivity contribution < 1.29 is 14.3 Å². The predicted molar refractivity (Wildman–Crippen MR) is 124 cm³/mol. The Morgan fingerprint density at radius 2 is 1.91 bits per heavy atom. The van der Waals surface area contributed by atoms with Gasteiger partial charge in [-0.15, -0.1) is 0 Å². The van der Waals surface area contributed by atoms with Crippen LogP contribution in [0, 0.1) is 0 Å². The summed E-state index contributed by atoms with van der Waals surface area (Å²) in [4.78, 5) is 31.4. The molecule has 2 heterocycles. The minimum atomic E-state index is -0.611. The second kappa shape index (κ2) is 9.23. The fourth-order valence-corrected chi connectivity index (χ4v) is 4.62. The van der Waals surface area contributed by atoms with Crippen LogP contribution >= 0.6 is 11.3 Å². The molecule has 1 aliphatic heterocycles. The molecule has 1 atom stereocenters. The minimum absolute atomic E-state index is 0.237. The zero-order chi connectivity index (χ0) is 22.7. The molecule has 32 heavy (non-hydrogen) atoms. The molecule has 0 radical (unpaired) electrons. The van der Waals surface area contributed by atoms with Crippen molar-refractivity contribution in [3.05, 3.63) is 91.1 Å². The van der Waals surface area contributed by atoms with Crippen LogP contribution in [0.4, 0.5) is 5.69 Å². The summed E-state index contributed by atoms with van der Waals surface area (Å²) in [7, 11) is 1.59. The van der Waals surface area contributed by atoms with Gasteiger partial charge in [0.25, 0.3) is 5.56 Å². The third-order valence-electron chi connectivity index (χ3n) is 5.10. The molecule has 0 bridgehead atoms. The summed E-state index contributed by atoms with van der Waals surface area (Å²) in [5.41, 5.74) is 2.23. The number of fused-ring (bicyclic) bond motifs is 1. The van der Waals surface area contributed by atoms with Gasteiger partial charge in [-0.25, -0.2) is 9.79 Å². The lowest BCUT2D eigenvalue weighted by molar-refractivity contribution is -0.139. The molecule has 0 spiro atoms. The smallest absolute Gasteiger partial charge is 0.338 e. The molecule has 1 aromatic heterocycles. The maximum absolute atomic E-state index is 13.4. The van der Waals surface area contributed by atoms with Crippen LogP contribution < -0.4 is 24.9 Å². The molecule has 0 saturated carbocycles. The van der Waals surface area contributed by atoms with Crippen molar-refractivity contribution in [2.75, 3.05) is 19.0 Å². The molecule has 164 valence electrons. The highest BCUT2D eigenvalue weighted by molar-refractivity contribution is 7.07. The Kier molecular flexibility index (Phi) is 6.23. The zero-order valence-electron chi connectivity index (χ0n) is 18.0. The third-order valence-corrected chi connectivity index (χ3v) is 6.08. The van der Waals surface area contributed by atoms with Crippen LogP contribution in [0.25, 0.3) is 6.20 Å². The number of carbonyl (C=O) groups excluding carboxylic acids is 1. The standard InChI is InChI=1S/C24H23N3O4S/c1-4-31-23(29)20-15(2)26-24-27(21(20)16-10-6-5-7-11-16)22(28)19(32-24)14-25-17-12-8-9-13-18(17)30-3/h5-14,21,25H,4H2,1-3H3/b19-14-/t21-/m1/s1. The molecule has 0 amide bonds. The molecule has 0 unspecified atom stereocenters. The number of rotatable bonds is 6. The number of nitrogens with zero attached hydrogens (tertiary/aromatic N) is 2. The number of carbonyl (C=O) groups is 1. The summed E-state index contributed by atoms with van der Waals surface area (Å²) in [5.74, 6) is 0.197. The number of ether oxygens (including phenoxy) is 2. The van der Waals surface area contributed by atoms with Gasteiger partial charge in [0.1, 0.15) is 10.3 Å². The van der Waals surface area contributed by atoms with E-state index in [1.807, 2.05) is 54.6 Å². The number of hydrogen-bond donors (Lipinski definition) is 1. The number of hydrogen-bond acceptors (Lipinski definition) is 7. The van der Waals surface area contributed by atoms with Crippen LogP contribution in [-0.4, -0.2) is 24.3 Å². The van der Waals surface area contributed by atoms with Crippen molar-refractivity contribution >= 4 is 29.2 Å². The number of allylic oxidation sites excluding steroid dienone is 1. The van der Waals surface area contributed by atoms with E-state index >= 15 is 0 Å². The normalized spacial score (nSPS) is 15.7. The van der Waals surface area contributed by atoms with Crippen molar-refractivity contribution in [1.29, 1.82) is 0 Å². The van der Waals surface area contributed by atoms with Crippen LogP contribution in [0.3, 0.4) is 0 Å². The predicted octanol–water partition coefficient (Wildman–Crippen LogP) is 2.83. The highest BCUT2D eigenvalue weighted by Gasteiger charge is 2.33. The number of nitrogens with one attached hydrogen (secondary N) is 1. The SMILES string of the molecule is CCOC(=O)C1=C(C)N=c2s/c(=C\Nc3ccccc3OC)c(=O)n2[C@@H]1c1ccccc1. The Morgan fingerprint density at radius 3 is 2.62 bits per heavy atom. The lowest BCUT2D eigenvalue weighted by Crippen LogP contribution is -2.40. The van der Waals surface area contributed by atoms with Gasteiger partial charge in [-0.05, 0) is 31.5 Å². The molecule has 8 heteroatoms. The van der Waals surface area contributed by atoms with E-state index in [1.54, 1.807) is 31.7 Å². The molecule has 0 fully saturated rings. The highest BCUT2D eigenvalue weighted by Crippen LogP contribution is 2.30. The molecule has 1 aliphatic rings. The van der Waals surface area contributed by atoms with Crippen LogP contribution in [-0.2, 0) is 9.53 Å². The van der Waals surface area contributed by atoms with Crippen molar-refractivity contribution in [3.8, 4) is 5.75 Å². The van der Waals surface area contributed by atoms with Crippen LogP contribution in [0.1, 0.15) is 25.5 Å². The van der Waals surface area contributed by atoms with Crippen LogP contribution in [0.2, 0.25) is 0 Å². The molecule has 0 aliphatic carbocycles. The number of thiazole rings is 1. The first-order valence-corrected chi connectivity index (χ1v) is 11.0. The molecular weight excluding hydrogens is 426 g/mol. The average Bonchev–Trinajstić information content (AvgIpc) is 3.12. The number of esters is 1. The minimum Gasteiger partial charge on any atom is -0.495 e. The van der Waals surface area contributed by atoms with Crippen molar-refractivity contribution in [2.45, 2.75) is 19.9 Å². The highest BCUT2D eigenvalue weighted by atomic mass is 32.1. The van der Waals surface area contributed by atoms with E-state index in [1.165, 1.54) is 11.3 Å². The Hall–Kier alpha value is -3.65. The van der Waals surface area contributed by atoms with Gasteiger partial charge in [0.2, 0.25) is 0 Å². The van der Waals surface area contributed by atoms with Gasteiger partial charge < -0.3 is 14.8 Å². The summed E-state index contributed by atoms with van der Waals surface area (Å²) in [6.45, 7) is 3.76. The summed E-state index contributed by atoms with van der Waals surface area (Å²) >= 11 is 1.26. The first-order chi connectivity index (χ1) is 15.5. The van der Waals surface area contributed by atoms with Gasteiger partial charge in [0.05, 0.1) is 36.7 Å². The fourth-order valence-electron chi connectivity index (χ4n) is 3.65. The fraction of sp³-hybridized carbons (Fsp3) is 0.208. The molecule has 1 N–H and O–H groups in total. The lowest BCUT2D eigenvalue weighted by atomic mass is 9.96. The van der Waals surface area contributed by atoms with Crippen LogP contribution in [0.5, 0.6) is 5.75 Å². The lowest BCUT2D eigenvalue weighted by Gasteiger charge is -2.24. The number of anilines is 1. The van der Waals surface area contributed by atoms with Gasteiger partial charge in [0, 0.05) is 6.20 Å². The molecule has 0 saturated heterocycles. The molecule has 4 rings (SSSR count). The van der Waals surface area contributed by atoms with E-state index in [0.717, 1.165) is 11.3 Å². The van der Waals surface area contributed by atoms with E-state index in [2.05, 4.69) is 10.3 Å². The Labute approximate surface area is 189 Å². The van der Waals surface area contributed by atoms with Crippen molar-refractivity contribution in [2.24, 2.45) is 4.99 Å². The summed E-state index contributed by atoms with van der Waals surface area (Å²) in [6.07, 6.45) is 1.65. The maximum Gasteiger partial charge on any atom is 0.338 e. The molecule has 3 aromatic rings. The van der Waals surface area contributed by atoms with Gasteiger partial charge in [-0.3, -0.25) is 9.36 Å². The van der Waals surface area contributed by atoms with Gasteiger partial charge >= 0.3 is 5.97 Å². The van der Waals surface area contributed by atoms with E-state index in [4.69, 9.17) is 9.47 Å². The van der Waals surface area contributed by atoms with Crippen LogP contribution in [0.15, 0.2) is 75.7 Å². The summed E-state index contributed by atoms with van der Waals surface area (Å²) in [5, 5.41) is 3.15. The Bertz CT molecular complexity index is 1360. The quantitative estimate of drug-likeness (QED) is 0.586. The van der Waals surface area contributed by atoms with E-state index in [-0.39, 0.29) is 12.2 Å². The van der Waals surface area contributed by atoms with Gasteiger partial charge in [-0.1, -0.05) is 53.8 Å². The average molecular weight is 450 g/mol. The number of benzene rings is 2. The second-order valence-corrected chi connectivity index (χ2v) is 8.07. The number of methoxy groups -OCH3 is 1. The summed E-state index contributed by atoms with van der Waals surface area (Å²) < 4.78 is 12.7. The summed E-state index contributed by atoms with van der Waals surface area (Å²) in [6, 6.07) is 16.3. The topological polar surface area (TPSA) is 81.9 Å². The van der Waals surface area contributed by atoms with E-state index in [9.17, 15) is 9.59 Å². The van der Waals surface area contributed by atoms with Crippen molar-refractivity contribution in [3.63, 3.8) is 0 Å². The Morgan fingerprint density at radius 1 is 1.19 bits per heavy atom. The van der Waals surface area contributed by atoms with Gasteiger partial charge in [0.15, 0.2) is 4.80 Å². The first-order valence-electron chi connectivity index (χ1n) is 10.2. The monoisotopic (exact) mass is 449 g/mol. The van der Waals surface area contributed by atoms with E-state index < -0.39 is 12.0 Å². The molecular formula is C24H23N3O4S. The zero-order valence-corrected chi connectivity index (χ0v) is 18.8. The number of para-hydroxylation sites is 2. The third kappa shape index (κ3) is 3.97. The van der Waals surface area contributed by atoms with E-state index in [0.29, 0.717) is 26.4 Å². The largest absolute Gasteiger partial charge is 0.495 e. The first kappa shape index (κ1) is 21.6. The maximum atomic E-state index is 13.4.